The van der Waals surface area contributed by atoms with Gasteiger partial charge in [-0.25, -0.2) is 13.1 Å². The van der Waals surface area contributed by atoms with Gasteiger partial charge in [-0.15, -0.1) is 0 Å². The molecule has 0 atom stereocenters. The van der Waals surface area contributed by atoms with Crippen LogP contribution in [0.3, 0.4) is 0 Å². The van der Waals surface area contributed by atoms with Gasteiger partial charge in [0.25, 0.3) is 5.91 Å². The molecule has 1 amide bonds. The van der Waals surface area contributed by atoms with Gasteiger partial charge >= 0.3 is 0 Å². The fourth-order valence-corrected chi connectivity index (χ4v) is 3.21. The summed E-state index contributed by atoms with van der Waals surface area (Å²) >= 11 is 0. The van der Waals surface area contributed by atoms with E-state index in [1.165, 1.54) is 23.9 Å². The minimum Gasteiger partial charge on any atom is -0.395 e. The molecule has 0 unspecified atom stereocenters. The fraction of sp³-hybridized carbons (Fsp3) is 0.615. The zero-order chi connectivity index (χ0) is 15.6. The molecular weight excluding hydrogens is 294 g/mol. The molecule has 21 heavy (non-hydrogen) atoms. The molecule has 1 fully saturated rings. The molecule has 1 heterocycles. The second kappa shape index (κ2) is 6.17. The molecule has 7 nitrogen and oxygen atoms in total. The van der Waals surface area contributed by atoms with Crippen LogP contribution in [0, 0.1) is 0 Å². The minimum absolute atomic E-state index is 0.0633. The summed E-state index contributed by atoms with van der Waals surface area (Å²) in [6, 6.07) is 1.51. The van der Waals surface area contributed by atoms with Crippen LogP contribution in [0.5, 0.6) is 0 Å². The fourth-order valence-electron chi connectivity index (χ4n) is 2.41. The van der Waals surface area contributed by atoms with Crippen molar-refractivity contribution in [1.29, 1.82) is 0 Å². The van der Waals surface area contributed by atoms with E-state index in [0.717, 1.165) is 19.3 Å². The molecule has 1 aliphatic rings. The van der Waals surface area contributed by atoms with Gasteiger partial charge in [0.05, 0.1) is 6.61 Å². The molecule has 1 aromatic heterocycles. The van der Waals surface area contributed by atoms with E-state index in [1.54, 1.807) is 11.9 Å². The number of aromatic nitrogens is 1. The molecule has 2 rings (SSSR count). The molecule has 1 saturated carbocycles. The molecule has 2 N–H and O–H groups in total. The second-order valence-corrected chi connectivity index (χ2v) is 7.07. The predicted octanol–water partition coefficient (Wildman–Crippen LogP) is -0.0798. The Kier molecular flexibility index (Phi) is 4.70. The van der Waals surface area contributed by atoms with Crippen molar-refractivity contribution in [2.75, 3.05) is 20.2 Å². The number of rotatable bonds is 6. The van der Waals surface area contributed by atoms with Crippen molar-refractivity contribution in [3.8, 4) is 0 Å². The van der Waals surface area contributed by atoms with Gasteiger partial charge in [-0.3, -0.25) is 4.79 Å². The third-order valence-electron chi connectivity index (χ3n) is 3.90. The van der Waals surface area contributed by atoms with Gasteiger partial charge in [0, 0.05) is 25.8 Å². The summed E-state index contributed by atoms with van der Waals surface area (Å²) in [4.78, 5) is 14.3. The Morgan fingerprint density at radius 3 is 2.67 bits per heavy atom. The SMILES string of the molecule is CNS(=O)(=O)c1cc(C(=O)N(CCO)C2CCC2)n(C)c1. The van der Waals surface area contributed by atoms with Crippen molar-refractivity contribution < 1.29 is 18.3 Å². The molecule has 0 saturated heterocycles. The summed E-state index contributed by atoms with van der Waals surface area (Å²) in [6.45, 7) is 0.164. The third-order valence-corrected chi connectivity index (χ3v) is 5.28. The Morgan fingerprint density at radius 1 is 1.52 bits per heavy atom. The molecule has 1 aromatic rings. The minimum atomic E-state index is -3.57. The maximum Gasteiger partial charge on any atom is 0.270 e. The Labute approximate surface area is 124 Å². The van der Waals surface area contributed by atoms with Gasteiger partial charge in [0.2, 0.25) is 10.0 Å². The van der Waals surface area contributed by atoms with Crippen molar-refractivity contribution >= 4 is 15.9 Å². The molecular formula is C13H21N3O4S. The number of aliphatic hydroxyl groups excluding tert-OH is 1. The highest BCUT2D eigenvalue weighted by atomic mass is 32.2. The van der Waals surface area contributed by atoms with Gasteiger partial charge in [-0.05, 0) is 32.4 Å². The number of aliphatic hydroxyl groups is 1. The first-order valence-corrected chi connectivity index (χ1v) is 8.40. The number of nitrogens with one attached hydrogen (secondary N) is 1. The van der Waals surface area contributed by atoms with E-state index in [4.69, 9.17) is 5.11 Å². The summed E-state index contributed by atoms with van der Waals surface area (Å²) in [5.41, 5.74) is 0.309. The monoisotopic (exact) mass is 315 g/mol. The van der Waals surface area contributed by atoms with E-state index in [0.29, 0.717) is 5.69 Å². The number of carbonyl (C=O) groups is 1. The van der Waals surface area contributed by atoms with E-state index < -0.39 is 10.0 Å². The van der Waals surface area contributed by atoms with Gasteiger partial charge < -0.3 is 14.6 Å². The Hall–Kier alpha value is -1.38. The van der Waals surface area contributed by atoms with Gasteiger partial charge in [0.15, 0.2) is 0 Å². The van der Waals surface area contributed by atoms with Crippen molar-refractivity contribution in [1.82, 2.24) is 14.2 Å². The quantitative estimate of drug-likeness (QED) is 0.768. The summed E-state index contributed by atoms with van der Waals surface area (Å²) in [5.74, 6) is -0.242. The van der Waals surface area contributed by atoms with Crippen molar-refractivity contribution in [2.24, 2.45) is 7.05 Å². The number of hydrogen-bond donors (Lipinski definition) is 2. The molecule has 0 aromatic carbocycles. The van der Waals surface area contributed by atoms with Crippen LogP contribution in [0.2, 0.25) is 0 Å². The highest BCUT2D eigenvalue weighted by Gasteiger charge is 2.31. The van der Waals surface area contributed by atoms with E-state index in [-0.39, 0.29) is 30.0 Å². The van der Waals surface area contributed by atoms with Gasteiger partial charge in [-0.2, -0.15) is 0 Å². The predicted molar refractivity (Wildman–Crippen MR) is 77.4 cm³/mol. The third kappa shape index (κ3) is 3.12. The molecule has 0 radical (unpaired) electrons. The number of aryl methyl sites for hydroxylation is 1. The molecule has 0 aliphatic heterocycles. The van der Waals surface area contributed by atoms with Crippen LogP contribution in [0.4, 0.5) is 0 Å². The largest absolute Gasteiger partial charge is 0.395 e. The van der Waals surface area contributed by atoms with E-state index in [1.807, 2.05) is 0 Å². The average Bonchev–Trinajstić information content (AvgIpc) is 2.78. The summed E-state index contributed by atoms with van der Waals surface area (Å²) in [5, 5.41) is 9.14. The van der Waals surface area contributed by atoms with Gasteiger partial charge in [0.1, 0.15) is 10.6 Å². The van der Waals surface area contributed by atoms with Crippen LogP contribution in [-0.4, -0.2) is 55.1 Å². The maximum absolute atomic E-state index is 12.6. The van der Waals surface area contributed by atoms with Crippen molar-refractivity contribution in [3.63, 3.8) is 0 Å². The van der Waals surface area contributed by atoms with E-state index >= 15 is 0 Å². The summed E-state index contributed by atoms with van der Waals surface area (Å²) < 4.78 is 27.3. The molecule has 118 valence electrons. The maximum atomic E-state index is 12.6. The molecule has 8 heteroatoms. The van der Waals surface area contributed by atoms with Crippen LogP contribution in [0.1, 0.15) is 29.8 Å². The van der Waals surface area contributed by atoms with E-state index in [2.05, 4.69) is 4.72 Å². The Balaban J connectivity index is 2.29. The number of amides is 1. The number of nitrogens with zero attached hydrogens (tertiary/aromatic N) is 2. The standard InChI is InChI=1S/C13H21N3O4S/c1-14-21(19,20)11-8-12(15(2)9-11)13(18)16(6-7-17)10-4-3-5-10/h8-10,14,17H,3-7H2,1-2H3. The normalized spacial score (nSPS) is 15.8. The first-order chi connectivity index (χ1) is 9.90. The van der Waals surface area contributed by atoms with E-state index in [9.17, 15) is 13.2 Å². The number of hydrogen-bond acceptors (Lipinski definition) is 4. The first kappa shape index (κ1) is 16.0. The van der Waals surface area contributed by atoms with Crippen LogP contribution < -0.4 is 4.72 Å². The topological polar surface area (TPSA) is 91.6 Å². The lowest BCUT2D eigenvalue weighted by molar-refractivity contribution is 0.0516. The van der Waals surface area contributed by atoms with Crippen molar-refractivity contribution in [2.45, 2.75) is 30.2 Å². The zero-order valence-corrected chi connectivity index (χ0v) is 13.1. The average molecular weight is 315 g/mol. The summed E-state index contributed by atoms with van der Waals surface area (Å²) in [7, 11) is -0.606. The van der Waals surface area contributed by atoms with Crippen LogP contribution in [0.25, 0.3) is 0 Å². The van der Waals surface area contributed by atoms with Crippen LogP contribution in [0.15, 0.2) is 17.2 Å². The molecule has 0 spiro atoms. The zero-order valence-electron chi connectivity index (χ0n) is 12.2. The smallest absolute Gasteiger partial charge is 0.270 e. The van der Waals surface area contributed by atoms with Crippen LogP contribution >= 0.6 is 0 Å². The lowest BCUT2D eigenvalue weighted by atomic mass is 9.91. The number of sulfonamides is 1. The highest BCUT2D eigenvalue weighted by molar-refractivity contribution is 7.89. The highest BCUT2D eigenvalue weighted by Crippen LogP contribution is 2.26. The second-order valence-electron chi connectivity index (χ2n) is 5.19. The summed E-state index contributed by atoms with van der Waals surface area (Å²) in [6.07, 6.45) is 4.35. The molecule has 0 bridgehead atoms. The molecule has 1 aliphatic carbocycles. The lowest BCUT2D eigenvalue weighted by Crippen LogP contribution is -2.46. The number of carbonyl (C=O) groups excluding carboxylic acids is 1. The Morgan fingerprint density at radius 2 is 2.19 bits per heavy atom. The van der Waals surface area contributed by atoms with Crippen molar-refractivity contribution in [3.05, 3.63) is 18.0 Å². The Bertz CT molecular complexity index is 619. The lowest BCUT2D eigenvalue weighted by Gasteiger charge is -2.37. The first-order valence-electron chi connectivity index (χ1n) is 6.92. The van der Waals surface area contributed by atoms with Gasteiger partial charge in [-0.1, -0.05) is 0 Å². The van der Waals surface area contributed by atoms with Crippen LogP contribution in [-0.2, 0) is 17.1 Å².